The Hall–Kier alpha value is -0.940. The zero-order valence-electron chi connectivity index (χ0n) is 12.2. The topological polar surface area (TPSA) is 36.4 Å². The summed E-state index contributed by atoms with van der Waals surface area (Å²) < 4.78 is 0. The Morgan fingerprint density at radius 2 is 2.26 bits per heavy atom. The van der Waals surface area contributed by atoms with Gasteiger partial charge in [0.25, 0.3) is 0 Å². The van der Waals surface area contributed by atoms with Crippen molar-refractivity contribution in [2.45, 2.75) is 39.2 Å². The Balaban J connectivity index is 2.25. The van der Waals surface area contributed by atoms with Crippen molar-refractivity contribution in [3.05, 3.63) is 10.6 Å². The first-order valence-corrected chi connectivity index (χ1v) is 7.79. The van der Waals surface area contributed by atoms with Crippen molar-refractivity contribution in [3.8, 4) is 0 Å². The number of anilines is 1. The van der Waals surface area contributed by atoms with Crippen LogP contribution in [0, 0.1) is 0 Å². The first-order valence-electron chi connectivity index (χ1n) is 6.97. The molecule has 2 heterocycles. The zero-order valence-corrected chi connectivity index (χ0v) is 13.0. The molecule has 0 aliphatic carbocycles. The van der Waals surface area contributed by atoms with Gasteiger partial charge in [-0.3, -0.25) is 4.79 Å². The van der Waals surface area contributed by atoms with Crippen molar-refractivity contribution >= 4 is 22.8 Å². The van der Waals surface area contributed by atoms with Crippen LogP contribution in [0.2, 0.25) is 0 Å². The summed E-state index contributed by atoms with van der Waals surface area (Å²) in [6.45, 7) is 9.59. The number of hydrogen-bond donors (Lipinski definition) is 0. The first kappa shape index (κ1) is 14.5. The monoisotopic (exact) mass is 281 g/mol. The standard InChI is InChI=1S/C14H23N3OS/c1-5-10(2)13-12(9-18)19-14(15-13)17-7-6-16(4)8-11(17)3/h9-11H,5-8H2,1-4H3. The minimum atomic E-state index is 0.355. The maximum atomic E-state index is 11.2. The molecule has 1 saturated heterocycles. The normalized spacial score (nSPS) is 22.5. The molecule has 2 atom stereocenters. The van der Waals surface area contributed by atoms with Gasteiger partial charge in [0.2, 0.25) is 0 Å². The van der Waals surface area contributed by atoms with Crippen LogP contribution < -0.4 is 4.90 Å². The van der Waals surface area contributed by atoms with Gasteiger partial charge in [-0.25, -0.2) is 4.98 Å². The van der Waals surface area contributed by atoms with E-state index in [0.29, 0.717) is 12.0 Å². The summed E-state index contributed by atoms with van der Waals surface area (Å²) in [5.41, 5.74) is 0.976. The highest BCUT2D eigenvalue weighted by atomic mass is 32.1. The summed E-state index contributed by atoms with van der Waals surface area (Å²) in [6.07, 6.45) is 1.98. The third kappa shape index (κ3) is 2.98. The third-order valence-electron chi connectivity index (χ3n) is 3.93. The van der Waals surface area contributed by atoms with E-state index in [9.17, 15) is 4.79 Å². The van der Waals surface area contributed by atoms with Crippen LogP contribution in [-0.2, 0) is 0 Å². The molecule has 4 nitrogen and oxygen atoms in total. The number of aldehydes is 1. The van der Waals surface area contributed by atoms with E-state index in [1.54, 1.807) is 11.3 Å². The van der Waals surface area contributed by atoms with E-state index in [4.69, 9.17) is 4.98 Å². The van der Waals surface area contributed by atoms with Crippen LogP contribution in [-0.4, -0.2) is 48.9 Å². The molecular formula is C14H23N3OS. The lowest BCUT2D eigenvalue weighted by atomic mass is 10.0. The first-order chi connectivity index (χ1) is 9.06. The fourth-order valence-corrected chi connectivity index (χ4v) is 3.64. The van der Waals surface area contributed by atoms with Crippen LogP contribution in [0.15, 0.2) is 0 Å². The van der Waals surface area contributed by atoms with E-state index in [1.807, 2.05) is 0 Å². The van der Waals surface area contributed by atoms with E-state index in [1.165, 1.54) is 0 Å². The lowest BCUT2D eigenvalue weighted by Crippen LogP contribution is -2.50. The van der Waals surface area contributed by atoms with Gasteiger partial charge < -0.3 is 9.80 Å². The molecule has 0 spiro atoms. The lowest BCUT2D eigenvalue weighted by molar-refractivity contribution is 0.112. The molecule has 106 valence electrons. The molecule has 19 heavy (non-hydrogen) atoms. The second-order valence-corrected chi connectivity index (χ2v) is 6.49. The Morgan fingerprint density at radius 3 is 2.84 bits per heavy atom. The van der Waals surface area contributed by atoms with Gasteiger partial charge in [-0.15, -0.1) is 0 Å². The van der Waals surface area contributed by atoms with E-state index in [2.05, 4.69) is 37.6 Å². The average molecular weight is 281 g/mol. The molecule has 1 fully saturated rings. The molecule has 2 unspecified atom stereocenters. The maximum absolute atomic E-state index is 11.2. The number of likely N-dealkylation sites (N-methyl/N-ethyl adjacent to an activating group) is 1. The summed E-state index contributed by atoms with van der Waals surface area (Å²) in [6, 6.07) is 0.453. The number of piperazine rings is 1. The van der Waals surface area contributed by atoms with Crippen LogP contribution in [0.4, 0.5) is 5.13 Å². The Kier molecular flexibility index (Phi) is 4.58. The fraction of sp³-hybridized carbons (Fsp3) is 0.714. The van der Waals surface area contributed by atoms with Crippen molar-refractivity contribution in [3.63, 3.8) is 0 Å². The highest BCUT2D eigenvalue weighted by molar-refractivity contribution is 7.17. The highest BCUT2D eigenvalue weighted by Gasteiger charge is 2.26. The van der Waals surface area contributed by atoms with Crippen molar-refractivity contribution in [2.24, 2.45) is 0 Å². The smallest absolute Gasteiger partial charge is 0.186 e. The predicted octanol–water partition coefficient (Wildman–Crippen LogP) is 2.61. The minimum Gasteiger partial charge on any atom is -0.343 e. The van der Waals surface area contributed by atoms with Crippen molar-refractivity contribution < 1.29 is 4.79 Å². The number of aromatic nitrogens is 1. The van der Waals surface area contributed by atoms with Crippen molar-refractivity contribution in [1.82, 2.24) is 9.88 Å². The van der Waals surface area contributed by atoms with E-state index in [0.717, 1.165) is 48.0 Å². The molecule has 0 saturated carbocycles. The molecule has 0 radical (unpaired) electrons. The molecular weight excluding hydrogens is 258 g/mol. The summed E-state index contributed by atoms with van der Waals surface area (Å²) in [5, 5.41) is 1.01. The SMILES string of the molecule is CCC(C)c1nc(N2CCN(C)CC2C)sc1C=O. The van der Waals surface area contributed by atoms with Gasteiger partial charge in [0, 0.05) is 25.7 Å². The third-order valence-corrected chi connectivity index (χ3v) is 4.97. The van der Waals surface area contributed by atoms with Gasteiger partial charge in [0.1, 0.15) is 0 Å². The second kappa shape index (κ2) is 6.01. The molecule has 0 amide bonds. The maximum Gasteiger partial charge on any atom is 0.186 e. The molecule has 1 aliphatic rings. The van der Waals surface area contributed by atoms with Crippen molar-refractivity contribution in [2.75, 3.05) is 31.6 Å². The quantitative estimate of drug-likeness (QED) is 0.795. The van der Waals surface area contributed by atoms with Gasteiger partial charge in [-0.1, -0.05) is 25.2 Å². The van der Waals surface area contributed by atoms with Gasteiger partial charge in [0.15, 0.2) is 11.4 Å². The summed E-state index contributed by atoms with van der Waals surface area (Å²) in [5.74, 6) is 0.355. The zero-order chi connectivity index (χ0) is 14.0. The predicted molar refractivity (Wildman–Crippen MR) is 80.5 cm³/mol. The summed E-state index contributed by atoms with van der Waals surface area (Å²) in [4.78, 5) is 21.4. The molecule has 0 N–H and O–H groups in total. The molecule has 1 aromatic heterocycles. The summed E-state index contributed by atoms with van der Waals surface area (Å²) >= 11 is 1.54. The largest absolute Gasteiger partial charge is 0.343 e. The average Bonchev–Trinajstić information content (AvgIpc) is 2.81. The number of carbonyl (C=O) groups excluding carboxylic acids is 1. The fourth-order valence-electron chi connectivity index (χ4n) is 2.51. The summed E-state index contributed by atoms with van der Waals surface area (Å²) in [7, 11) is 2.15. The van der Waals surface area contributed by atoms with Gasteiger partial charge in [-0.05, 0) is 26.3 Å². The van der Waals surface area contributed by atoms with E-state index in [-0.39, 0.29) is 0 Å². The minimum absolute atomic E-state index is 0.355. The van der Waals surface area contributed by atoms with Gasteiger partial charge in [0.05, 0.1) is 10.6 Å². The van der Waals surface area contributed by atoms with Crippen LogP contribution in [0.25, 0.3) is 0 Å². The molecule has 5 heteroatoms. The van der Waals surface area contributed by atoms with Crippen LogP contribution in [0.3, 0.4) is 0 Å². The molecule has 0 bridgehead atoms. The number of nitrogens with zero attached hydrogens (tertiary/aromatic N) is 3. The van der Waals surface area contributed by atoms with Crippen LogP contribution in [0.5, 0.6) is 0 Å². The van der Waals surface area contributed by atoms with Gasteiger partial charge in [-0.2, -0.15) is 0 Å². The number of thiazole rings is 1. The number of rotatable bonds is 4. The Bertz CT molecular complexity index is 446. The Labute approximate surface area is 119 Å². The van der Waals surface area contributed by atoms with Crippen LogP contribution in [0.1, 0.15) is 48.5 Å². The molecule has 0 aromatic carbocycles. The second-order valence-electron chi connectivity index (χ2n) is 5.48. The number of carbonyl (C=O) groups is 1. The van der Waals surface area contributed by atoms with Crippen molar-refractivity contribution in [1.29, 1.82) is 0 Å². The highest BCUT2D eigenvalue weighted by Crippen LogP contribution is 2.32. The molecule has 1 aliphatic heterocycles. The molecule has 1 aromatic rings. The Morgan fingerprint density at radius 1 is 1.53 bits per heavy atom. The van der Waals surface area contributed by atoms with Gasteiger partial charge >= 0.3 is 0 Å². The van der Waals surface area contributed by atoms with E-state index < -0.39 is 0 Å². The van der Waals surface area contributed by atoms with E-state index >= 15 is 0 Å². The lowest BCUT2D eigenvalue weighted by Gasteiger charge is -2.38. The number of hydrogen-bond acceptors (Lipinski definition) is 5. The van der Waals surface area contributed by atoms with Crippen LogP contribution >= 0.6 is 11.3 Å². The molecule has 2 rings (SSSR count).